The summed E-state index contributed by atoms with van der Waals surface area (Å²) in [5.41, 5.74) is -0.136. The second-order valence-corrected chi connectivity index (χ2v) is 3.43. The highest BCUT2D eigenvalue weighted by molar-refractivity contribution is 5.73. The average Bonchev–Trinajstić information content (AvgIpc) is 2.82. The summed E-state index contributed by atoms with van der Waals surface area (Å²) >= 11 is 0. The van der Waals surface area contributed by atoms with Crippen LogP contribution in [0.1, 0.15) is 18.4 Å². The summed E-state index contributed by atoms with van der Waals surface area (Å²) in [6.07, 6.45) is 2.17. The van der Waals surface area contributed by atoms with Gasteiger partial charge in [0.15, 0.2) is 0 Å². The Morgan fingerprint density at radius 1 is 1.15 bits per heavy atom. The highest BCUT2D eigenvalue weighted by Gasteiger charge is 2.44. The molecule has 1 aromatic rings. The lowest BCUT2D eigenvalue weighted by atomic mass is 9.98. The maximum atomic E-state index is 12.8. The summed E-state index contributed by atoms with van der Waals surface area (Å²) in [5.74, 6) is -1.24. The number of carbonyl (C=O) groups is 1. The molecule has 0 N–H and O–H groups in total. The third-order valence-electron chi connectivity index (χ3n) is 2.45. The van der Waals surface area contributed by atoms with Gasteiger partial charge in [-0.1, -0.05) is 0 Å². The summed E-state index contributed by atoms with van der Waals surface area (Å²) in [6.45, 7) is 0. The first-order chi connectivity index (χ1) is 6.16. The molecule has 1 fully saturated rings. The van der Waals surface area contributed by atoms with Crippen LogP contribution in [0, 0.1) is 11.6 Å². The summed E-state index contributed by atoms with van der Waals surface area (Å²) < 4.78 is 25.5. The molecule has 0 amide bonds. The smallest absolute Gasteiger partial charge is 0.130 e. The van der Waals surface area contributed by atoms with Gasteiger partial charge in [-0.2, -0.15) is 0 Å². The molecule has 0 unspecified atom stereocenters. The quantitative estimate of drug-likeness (QED) is 0.641. The number of aldehydes is 1. The maximum absolute atomic E-state index is 12.8. The van der Waals surface area contributed by atoms with Gasteiger partial charge >= 0.3 is 0 Å². The number of benzene rings is 1. The van der Waals surface area contributed by atoms with E-state index < -0.39 is 17.0 Å². The molecule has 1 aromatic carbocycles. The Bertz CT molecular complexity index is 336. The van der Waals surface area contributed by atoms with E-state index in [4.69, 9.17) is 0 Å². The SMILES string of the molecule is O=CC1(c2cc(F)cc(F)c2)CC1. The van der Waals surface area contributed by atoms with Crippen LogP contribution in [0.3, 0.4) is 0 Å². The molecule has 3 heteroatoms. The molecular weight excluding hydrogens is 174 g/mol. The second kappa shape index (κ2) is 2.62. The van der Waals surface area contributed by atoms with Gasteiger partial charge in [0.2, 0.25) is 0 Å². The van der Waals surface area contributed by atoms with Gasteiger partial charge in [0, 0.05) is 6.07 Å². The topological polar surface area (TPSA) is 17.1 Å². The minimum absolute atomic E-state index is 0.458. The summed E-state index contributed by atoms with van der Waals surface area (Å²) in [6, 6.07) is 3.26. The van der Waals surface area contributed by atoms with Crippen LogP contribution in [-0.4, -0.2) is 6.29 Å². The van der Waals surface area contributed by atoms with Crippen LogP contribution >= 0.6 is 0 Å². The summed E-state index contributed by atoms with van der Waals surface area (Å²) in [5, 5.41) is 0. The number of carbonyl (C=O) groups excluding carboxylic acids is 1. The van der Waals surface area contributed by atoms with Crippen molar-refractivity contribution in [2.24, 2.45) is 0 Å². The number of halogens is 2. The molecule has 1 aliphatic carbocycles. The zero-order valence-corrected chi connectivity index (χ0v) is 6.89. The second-order valence-electron chi connectivity index (χ2n) is 3.43. The van der Waals surface area contributed by atoms with Crippen LogP contribution in [0.4, 0.5) is 8.78 Å². The highest BCUT2D eigenvalue weighted by atomic mass is 19.1. The molecule has 0 heterocycles. The van der Waals surface area contributed by atoms with Crippen molar-refractivity contribution in [3.8, 4) is 0 Å². The Kier molecular flexibility index (Phi) is 1.68. The van der Waals surface area contributed by atoms with Crippen molar-refractivity contribution in [3.05, 3.63) is 35.4 Å². The lowest BCUT2D eigenvalue weighted by molar-refractivity contribution is -0.109. The Hall–Kier alpha value is -1.25. The minimum atomic E-state index is -0.622. The van der Waals surface area contributed by atoms with E-state index in [-0.39, 0.29) is 0 Å². The monoisotopic (exact) mass is 182 g/mol. The van der Waals surface area contributed by atoms with Gasteiger partial charge in [0.05, 0.1) is 5.41 Å². The summed E-state index contributed by atoms with van der Waals surface area (Å²) in [7, 11) is 0. The first-order valence-electron chi connectivity index (χ1n) is 4.09. The van der Waals surface area contributed by atoms with Crippen LogP contribution in [0.2, 0.25) is 0 Å². The van der Waals surface area contributed by atoms with Crippen molar-refractivity contribution in [1.29, 1.82) is 0 Å². The van der Waals surface area contributed by atoms with Crippen molar-refractivity contribution in [1.82, 2.24) is 0 Å². The molecule has 1 saturated carbocycles. The molecule has 0 bridgehead atoms. The molecular formula is C10H8F2O. The summed E-state index contributed by atoms with van der Waals surface area (Å²) in [4.78, 5) is 10.7. The first-order valence-corrected chi connectivity index (χ1v) is 4.09. The van der Waals surface area contributed by atoms with Gasteiger partial charge in [-0.25, -0.2) is 8.78 Å². The lowest BCUT2D eigenvalue weighted by Gasteiger charge is -2.06. The Morgan fingerprint density at radius 2 is 1.69 bits per heavy atom. The normalized spacial score (nSPS) is 18.3. The van der Waals surface area contributed by atoms with E-state index in [0.717, 1.165) is 12.4 Å². The first kappa shape index (κ1) is 8.35. The van der Waals surface area contributed by atoms with E-state index in [2.05, 4.69) is 0 Å². The molecule has 1 nitrogen and oxygen atoms in total. The number of rotatable bonds is 2. The third-order valence-corrected chi connectivity index (χ3v) is 2.45. The molecule has 2 rings (SSSR count). The fourth-order valence-corrected chi connectivity index (χ4v) is 1.45. The zero-order chi connectivity index (χ0) is 9.47. The van der Waals surface area contributed by atoms with Gasteiger partial charge in [-0.05, 0) is 30.5 Å². The predicted molar refractivity (Wildman–Crippen MR) is 43.3 cm³/mol. The number of hydrogen-bond acceptors (Lipinski definition) is 1. The van der Waals surface area contributed by atoms with E-state index in [9.17, 15) is 13.6 Å². The van der Waals surface area contributed by atoms with E-state index >= 15 is 0 Å². The van der Waals surface area contributed by atoms with Crippen LogP contribution in [0.25, 0.3) is 0 Å². The van der Waals surface area contributed by atoms with Crippen LogP contribution < -0.4 is 0 Å². The van der Waals surface area contributed by atoms with Gasteiger partial charge in [0.1, 0.15) is 17.9 Å². The van der Waals surface area contributed by atoms with Gasteiger partial charge in [-0.15, -0.1) is 0 Å². The maximum Gasteiger partial charge on any atom is 0.130 e. The fourth-order valence-electron chi connectivity index (χ4n) is 1.45. The van der Waals surface area contributed by atoms with Crippen molar-refractivity contribution in [3.63, 3.8) is 0 Å². The van der Waals surface area contributed by atoms with Crippen molar-refractivity contribution in [2.45, 2.75) is 18.3 Å². The van der Waals surface area contributed by atoms with E-state index in [1.54, 1.807) is 0 Å². The van der Waals surface area contributed by atoms with E-state index in [1.165, 1.54) is 12.1 Å². The van der Waals surface area contributed by atoms with Crippen LogP contribution in [-0.2, 0) is 10.2 Å². The molecule has 0 saturated heterocycles. The van der Waals surface area contributed by atoms with Gasteiger partial charge in [-0.3, -0.25) is 0 Å². The standard InChI is InChI=1S/C10H8F2O/c11-8-3-7(4-9(12)5-8)10(6-13)1-2-10/h3-6H,1-2H2. The zero-order valence-electron chi connectivity index (χ0n) is 6.89. The van der Waals surface area contributed by atoms with Gasteiger partial charge < -0.3 is 4.79 Å². The molecule has 0 atom stereocenters. The average molecular weight is 182 g/mol. The van der Waals surface area contributed by atoms with Crippen molar-refractivity contribution in [2.75, 3.05) is 0 Å². The van der Waals surface area contributed by atoms with Crippen molar-refractivity contribution >= 4 is 6.29 Å². The van der Waals surface area contributed by atoms with Crippen LogP contribution in [0.5, 0.6) is 0 Å². The Labute approximate surface area is 74.4 Å². The number of hydrogen-bond donors (Lipinski definition) is 0. The minimum Gasteiger partial charge on any atom is -0.302 e. The molecule has 13 heavy (non-hydrogen) atoms. The Morgan fingerprint density at radius 3 is 2.08 bits per heavy atom. The van der Waals surface area contributed by atoms with Crippen molar-refractivity contribution < 1.29 is 13.6 Å². The van der Waals surface area contributed by atoms with E-state index in [1.807, 2.05) is 0 Å². The van der Waals surface area contributed by atoms with Gasteiger partial charge in [0.25, 0.3) is 0 Å². The molecule has 0 radical (unpaired) electrons. The molecule has 0 spiro atoms. The molecule has 1 aliphatic rings. The molecule has 0 aliphatic heterocycles. The fraction of sp³-hybridized carbons (Fsp3) is 0.300. The highest BCUT2D eigenvalue weighted by Crippen LogP contribution is 2.46. The largest absolute Gasteiger partial charge is 0.302 e. The van der Waals surface area contributed by atoms with Crippen LogP contribution in [0.15, 0.2) is 18.2 Å². The van der Waals surface area contributed by atoms with E-state index in [0.29, 0.717) is 18.4 Å². The Balaban J connectivity index is 2.46. The molecule has 0 aromatic heterocycles. The molecule has 68 valence electrons. The predicted octanol–water partition coefficient (Wildman–Crippen LogP) is 2.20. The lowest BCUT2D eigenvalue weighted by Crippen LogP contribution is -2.08. The third kappa shape index (κ3) is 1.34.